The fourth-order valence-electron chi connectivity index (χ4n) is 3.59. The molecule has 2 aliphatic carbocycles. The molecule has 1 aliphatic heterocycles. The third kappa shape index (κ3) is 2.43. The van der Waals surface area contributed by atoms with Crippen LogP contribution in [-0.4, -0.2) is 29.5 Å². The summed E-state index contributed by atoms with van der Waals surface area (Å²) in [4.78, 5) is 6.97. The molecule has 1 atom stereocenters. The van der Waals surface area contributed by atoms with E-state index in [-0.39, 0.29) is 0 Å². The van der Waals surface area contributed by atoms with Crippen LogP contribution in [0.1, 0.15) is 57.8 Å². The molecule has 0 bridgehead atoms. The van der Waals surface area contributed by atoms with Crippen molar-refractivity contribution in [2.24, 2.45) is 16.6 Å². The largest absolute Gasteiger partial charge is 0.370 e. The van der Waals surface area contributed by atoms with Crippen molar-refractivity contribution >= 4 is 5.96 Å². The quantitative estimate of drug-likeness (QED) is 0.799. The zero-order valence-electron chi connectivity index (χ0n) is 10.8. The standard InChI is InChI=1S/C14H25N3/c15-14-16-10-13(17(14)12-8-9-12)11-6-4-2-1-3-5-7-11/h11-13H,1-10H2,(H2,15,16). The van der Waals surface area contributed by atoms with Crippen molar-refractivity contribution < 1.29 is 0 Å². The average Bonchev–Trinajstić information content (AvgIpc) is 3.03. The maximum Gasteiger partial charge on any atom is 0.191 e. The topological polar surface area (TPSA) is 41.6 Å². The first-order valence-electron chi connectivity index (χ1n) is 7.44. The Labute approximate surface area is 104 Å². The van der Waals surface area contributed by atoms with Crippen molar-refractivity contribution in [3.05, 3.63) is 0 Å². The molecule has 0 aromatic heterocycles. The summed E-state index contributed by atoms with van der Waals surface area (Å²) in [5, 5.41) is 0. The molecule has 17 heavy (non-hydrogen) atoms. The Hall–Kier alpha value is -0.730. The van der Waals surface area contributed by atoms with Gasteiger partial charge < -0.3 is 10.6 Å². The van der Waals surface area contributed by atoms with Gasteiger partial charge in [0, 0.05) is 6.04 Å². The number of aliphatic imine (C=N–C) groups is 1. The molecule has 0 spiro atoms. The minimum atomic E-state index is 0.639. The highest BCUT2D eigenvalue weighted by molar-refractivity contribution is 5.80. The summed E-state index contributed by atoms with van der Waals surface area (Å²) in [6.07, 6.45) is 12.6. The lowest BCUT2D eigenvalue weighted by atomic mass is 9.85. The van der Waals surface area contributed by atoms with Crippen LogP contribution in [0.5, 0.6) is 0 Å². The van der Waals surface area contributed by atoms with Crippen LogP contribution in [0.15, 0.2) is 4.99 Å². The zero-order chi connectivity index (χ0) is 11.7. The number of hydrogen-bond donors (Lipinski definition) is 1. The maximum absolute atomic E-state index is 6.06. The minimum Gasteiger partial charge on any atom is -0.370 e. The smallest absolute Gasteiger partial charge is 0.191 e. The first-order chi connectivity index (χ1) is 8.36. The molecule has 3 rings (SSSR count). The Kier molecular flexibility index (Phi) is 3.26. The van der Waals surface area contributed by atoms with Gasteiger partial charge in [-0.2, -0.15) is 0 Å². The van der Waals surface area contributed by atoms with Crippen molar-refractivity contribution in [3.63, 3.8) is 0 Å². The summed E-state index contributed by atoms with van der Waals surface area (Å²) < 4.78 is 0. The van der Waals surface area contributed by atoms with Crippen LogP contribution in [0.3, 0.4) is 0 Å². The number of nitrogens with zero attached hydrogens (tertiary/aromatic N) is 2. The van der Waals surface area contributed by atoms with Crippen LogP contribution in [0.4, 0.5) is 0 Å². The second-order valence-corrected chi connectivity index (χ2v) is 6.01. The fourth-order valence-corrected chi connectivity index (χ4v) is 3.59. The van der Waals surface area contributed by atoms with E-state index in [1.807, 2.05) is 0 Å². The first kappa shape index (κ1) is 11.4. The average molecular weight is 235 g/mol. The van der Waals surface area contributed by atoms with Gasteiger partial charge in [-0.1, -0.05) is 32.1 Å². The van der Waals surface area contributed by atoms with E-state index >= 15 is 0 Å². The lowest BCUT2D eigenvalue weighted by Crippen LogP contribution is -2.46. The number of guanidine groups is 1. The Morgan fingerprint density at radius 1 is 0.941 bits per heavy atom. The lowest BCUT2D eigenvalue weighted by Gasteiger charge is -2.33. The van der Waals surface area contributed by atoms with E-state index in [1.54, 1.807) is 0 Å². The van der Waals surface area contributed by atoms with Crippen molar-refractivity contribution in [3.8, 4) is 0 Å². The molecular weight excluding hydrogens is 210 g/mol. The molecule has 0 aromatic carbocycles. The van der Waals surface area contributed by atoms with Gasteiger partial charge in [0.2, 0.25) is 0 Å². The molecule has 2 saturated carbocycles. The monoisotopic (exact) mass is 235 g/mol. The summed E-state index contributed by atoms with van der Waals surface area (Å²) in [6, 6.07) is 1.37. The summed E-state index contributed by atoms with van der Waals surface area (Å²) in [6.45, 7) is 0.965. The van der Waals surface area contributed by atoms with Crippen LogP contribution in [-0.2, 0) is 0 Å². The Morgan fingerprint density at radius 3 is 2.24 bits per heavy atom. The van der Waals surface area contributed by atoms with Crippen molar-refractivity contribution in [2.45, 2.75) is 69.9 Å². The second-order valence-electron chi connectivity index (χ2n) is 6.01. The van der Waals surface area contributed by atoms with Gasteiger partial charge in [0.15, 0.2) is 5.96 Å². The van der Waals surface area contributed by atoms with Crippen LogP contribution >= 0.6 is 0 Å². The molecule has 0 saturated heterocycles. The molecule has 2 fully saturated rings. The van der Waals surface area contributed by atoms with Gasteiger partial charge >= 0.3 is 0 Å². The van der Waals surface area contributed by atoms with Gasteiger partial charge in [-0.05, 0) is 31.6 Å². The van der Waals surface area contributed by atoms with Crippen LogP contribution in [0.25, 0.3) is 0 Å². The van der Waals surface area contributed by atoms with Crippen LogP contribution in [0.2, 0.25) is 0 Å². The van der Waals surface area contributed by atoms with Gasteiger partial charge in [-0.3, -0.25) is 4.99 Å². The highest BCUT2D eigenvalue weighted by atomic mass is 15.4. The molecule has 0 radical (unpaired) electrons. The van der Waals surface area contributed by atoms with Gasteiger partial charge in [0.05, 0.1) is 12.6 Å². The van der Waals surface area contributed by atoms with Crippen LogP contribution in [0, 0.1) is 5.92 Å². The molecule has 1 heterocycles. The van der Waals surface area contributed by atoms with E-state index in [1.165, 1.54) is 57.8 Å². The third-order valence-electron chi connectivity index (χ3n) is 4.70. The molecule has 0 amide bonds. The molecule has 96 valence electrons. The van der Waals surface area contributed by atoms with E-state index in [0.717, 1.165) is 24.5 Å². The Morgan fingerprint density at radius 2 is 1.59 bits per heavy atom. The van der Waals surface area contributed by atoms with E-state index in [4.69, 9.17) is 5.73 Å². The Bertz CT molecular complexity index is 288. The number of rotatable bonds is 2. The fraction of sp³-hybridized carbons (Fsp3) is 0.929. The maximum atomic E-state index is 6.06. The van der Waals surface area contributed by atoms with E-state index in [9.17, 15) is 0 Å². The molecule has 3 heteroatoms. The zero-order valence-corrected chi connectivity index (χ0v) is 10.8. The van der Waals surface area contributed by atoms with E-state index < -0.39 is 0 Å². The number of hydrogen-bond acceptors (Lipinski definition) is 3. The van der Waals surface area contributed by atoms with Crippen LogP contribution < -0.4 is 5.73 Å². The molecule has 1 unspecified atom stereocenters. The van der Waals surface area contributed by atoms with E-state index in [2.05, 4.69) is 9.89 Å². The highest BCUT2D eigenvalue weighted by Gasteiger charge is 2.41. The number of nitrogens with two attached hydrogens (primary N) is 1. The first-order valence-corrected chi connectivity index (χ1v) is 7.44. The predicted molar refractivity (Wildman–Crippen MR) is 70.9 cm³/mol. The summed E-state index contributed by atoms with van der Waals surface area (Å²) >= 11 is 0. The predicted octanol–water partition coefficient (Wildman–Crippen LogP) is 2.51. The second kappa shape index (κ2) is 4.87. The molecule has 3 nitrogen and oxygen atoms in total. The van der Waals surface area contributed by atoms with Crippen molar-refractivity contribution in [1.82, 2.24) is 4.90 Å². The molecule has 0 aromatic rings. The highest BCUT2D eigenvalue weighted by Crippen LogP contribution is 2.36. The summed E-state index contributed by atoms with van der Waals surface area (Å²) in [5.41, 5.74) is 6.06. The van der Waals surface area contributed by atoms with Gasteiger partial charge in [-0.25, -0.2) is 0 Å². The van der Waals surface area contributed by atoms with Gasteiger partial charge in [-0.15, -0.1) is 0 Å². The molecular formula is C14H25N3. The van der Waals surface area contributed by atoms with Crippen molar-refractivity contribution in [2.75, 3.05) is 6.54 Å². The minimum absolute atomic E-state index is 0.639. The molecule has 3 aliphatic rings. The summed E-state index contributed by atoms with van der Waals surface area (Å²) in [7, 11) is 0. The SMILES string of the molecule is NC1=NCC(C2CCCCCCC2)N1C1CC1. The third-order valence-corrected chi connectivity index (χ3v) is 4.70. The van der Waals surface area contributed by atoms with Gasteiger partial charge in [0.25, 0.3) is 0 Å². The normalized spacial score (nSPS) is 32.1. The van der Waals surface area contributed by atoms with E-state index in [0.29, 0.717) is 6.04 Å². The summed E-state index contributed by atoms with van der Waals surface area (Å²) in [5.74, 6) is 1.68. The van der Waals surface area contributed by atoms with Crippen molar-refractivity contribution in [1.29, 1.82) is 0 Å². The Balaban J connectivity index is 1.65. The molecule has 2 N–H and O–H groups in total. The van der Waals surface area contributed by atoms with Gasteiger partial charge in [0.1, 0.15) is 0 Å². The lowest BCUT2D eigenvalue weighted by molar-refractivity contribution is 0.207.